The SMILES string of the molecule is Cn1ccnc1CCNc1ncc([N+](=O)[O-])cc1C#N. The first-order valence-electron chi connectivity index (χ1n) is 5.86. The van der Waals surface area contributed by atoms with Gasteiger partial charge >= 0.3 is 0 Å². The Balaban J connectivity index is 2.05. The fourth-order valence-corrected chi connectivity index (χ4v) is 1.71. The van der Waals surface area contributed by atoms with Gasteiger partial charge in [0.25, 0.3) is 5.69 Å². The lowest BCUT2D eigenvalue weighted by Gasteiger charge is -2.07. The quantitative estimate of drug-likeness (QED) is 0.648. The molecule has 0 radical (unpaired) electrons. The number of nitriles is 1. The van der Waals surface area contributed by atoms with Gasteiger partial charge in [-0.1, -0.05) is 0 Å². The lowest BCUT2D eigenvalue weighted by atomic mass is 10.2. The minimum absolute atomic E-state index is 0.152. The summed E-state index contributed by atoms with van der Waals surface area (Å²) in [5.41, 5.74) is -0.0461. The summed E-state index contributed by atoms with van der Waals surface area (Å²) in [7, 11) is 1.90. The summed E-state index contributed by atoms with van der Waals surface area (Å²) in [6, 6.07) is 3.10. The van der Waals surface area contributed by atoms with Gasteiger partial charge in [0.2, 0.25) is 0 Å². The fraction of sp³-hybridized carbons (Fsp3) is 0.250. The van der Waals surface area contributed by atoms with Crippen LogP contribution in [0.15, 0.2) is 24.7 Å². The molecule has 0 saturated carbocycles. The van der Waals surface area contributed by atoms with Crippen LogP contribution in [0.4, 0.5) is 11.5 Å². The summed E-state index contributed by atoms with van der Waals surface area (Å²) < 4.78 is 1.90. The summed E-state index contributed by atoms with van der Waals surface area (Å²) in [6.07, 6.45) is 5.34. The summed E-state index contributed by atoms with van der Waals surface area (Å²) in [4.78, 5) is 18.1. The molecule has 0 fully saturated rings. The van der Waals surface area contributed by atoms with Crippen LogP contribution >= 0.6 is 0 Å². The van der Waals surface area contributed by atoms with Crippen molar-refractivity contribution in [1.29, 1.82) is 5.26 Å². The largest absolute Gasteiger partial charge is 0.369 e. The molecule has 8 heteroatoms. The Kier molecular flexibility index (Phi) is 3.91. The number of rotatable bonds is 5. The lowest BCUT2D eigenvalue weighted by Crippen LogP contribution is -2.10. The molecular formula is C12H12N6O2. The molecule has 0 bridgehead atoms. The zero-order valence-corrected chi connectivity index (χ0v) is 10.8. The number of nitro groups is 1. The van der Waals surface area contributed by atoms with Crippen molar-refractivity contribution in [2.75, 3.05) is 11.9 Å². The van der Waals surface area contributed by atoms with Crippen molar-refractivity contribution in [2.45, 2.75) is 6.42 Å². The molecule has 0 amide bonds. The molecule has 0 aliphatic carbocycles. The normalized spacial score (nSPS) is 10.0. The first-order chi connectivity index (χ1) is 9.61. The Labute approximate surface area is 114 Å². The molecule has 8 nitrogen and oxygen atoms in total. The van der Waals surface area contributed by atoms with Gasteiger partial charge in [0.1, 0.15) is 29.5 Å². The number of hydrogen-bond donors (Lipinski definition) is 1. The monoisotopic (exact) mass is 272 g/mol. The van der Waals surface area contributed by atoms with E-state index in [-0.39, 0.29) is 11.3 Å². The Morgan fingerprint density at radius 1 is 1.55 bits per heavy atom. The van der Waals surface area contributed by atoms with Gasteiger partial charge in [-0.05, 0) is 0 Å². The van der Waals surface area contributed by atoms with E-state index in [1.807, 2.05) is 23.9 Å². The maximum Gasteiger partial charge on any atom is 0.289 e. The number of pyridine rings is 1. The lowest BCUT2D eigenvalue weighted by molar-refractivity contribution is -0.385. The van der Waals surface area contributed by atoms with Crippen LogP contribution in [0.25, 0.3) is 0 Å². The van der Waals surface area contributed by atoms with E-state index < -0.39 is 4.92 Å². The molecule has 0 aromatic carbocycles. The maximum atomic E-state index is 10.6. The van der Waals surface area contributed by atoms with Crippen molar-refractivity contribution in [3.8, 4) is 6.07 Å². The van der Waals surface area contributed by atoms with E-state index in [1.54, 1.807) is 6.20 Å². The molecule has 2 aromatic heterocycles. The summed E-state index contributed by atoms with van der Waals surface area (Å²) >= 11 is 0. The molecule has 2 rings (SSSR count). The average Bonchev–Trinajstić information content (AvgIpc) is 2.84. The third-order valence-corrected chi connectivity index (χ3v) is 2.77. The molecule has 20 heavy (non-hydrogen) atoms. The predicted octanol–water partition coefficient (Wildman–Crippen LogP) is 1.25. The Hall–Kier alpha value is -2.95. The van der Waals surface area contributed by atoms with Crippen LogP contribution in [-0.4, -0.2) is 26.0 Å². The third-order valence-electron chi connectivity index (χ3n) is 2.77. The minimum Gasteiger partial charge on any atom is -0.369 e. The number of nitrogens with one attached hydrogen (secondary N) is 1. The number of aromatic nitrogens is 3. The first kappa shape index (κ1) is 13.5. The van der Waals surface area contributed by atoms with Gasteiger partial charge in [-0.15, -0.1) is 0 Å². The Morgan fingerprint density at radius 3 is 2.95 bits per heavy atom. The summed E-state index contributed by atoms with van der Waals surface area (Å²) in [5, 5.41) is 22.6. The summed E-state index contributed by atoms with van der Waals surface area (Å²) in [5.74, 6) is 1.24. The molecule has 2 heterocycles. The van der Waals surface area contributed by atoms with Crippen molar-refractivity contribution in [3.63, 3.8) is 0 Å². The van der Waals surface area contributed by atoms with E-state index in [0.717, 1.165) is 12.0 Å². The van der Waals surface area contributed by atoms with E-state index in [1.165, 1.54) is 6.07 Å². The molecule has 0 spiro atoms. The topological polar surface area (TPSA) is 110 Å². The van der Waals surface area contributed by atoms with Crippen molar-refractivity contribution >= 4 is 11.5 Å². The van der Waals surface area contributed by atoms with E-state index in [2.05, 4.69) is 15.3 Å². The first-order valence-corrected chi connectivity index (χ1v) is 5.86. The maximum absolute atomic E-state index is 10.6. The summed E-state index contributed by atoms with van der Waals surface area (Å²) in [6.45, 7) is 0.532. The van der Waals surface area contributed by atoms with E-state index in [9.17, 15) is 10.1 Å². The van der Waals surface area contributed by atoms with Crippen LogP contribution < -0.4 is 5.32 Å². The minimum atomic E-state index is -0.578. The van der Waals surface area contributed by atoms with Crippen LogP contribution in [-0.2, 0) is 13.5 Å². The van der Waals surface area contributed by atoms with Crippen molar-refractivity contribution in [2.24, 2.45) is 7.05 Å². The average molecular weight is 272 g/mol. The molecule has 0 atom stereocenters. The second-order valence-corrected chi connectivity index (χ2v) is 4.09. The fourth-order valence-electron chi connectivity index (χ4n) is 1.71. The van der Waals surface area contributed by atoms with Crippen LogP contribution in [0, 0.1) is 21.4 Å². The van der Waals surface area contributed by atoms with E-state index >= 15 is 0 Å². The van der Waals surface area contributed by atoms with Gasteiger partial charge in [0.15, 0.2) is 0 Å². The Morgan fingerprint density at radius 2 is 2.35 bits per heavy atom. The number of hydrogen-bond acceptors (Lipinski definition) is 6. The highest BCUT2D eigenvalue weighted by Gasteiger charge is 2.11. The van der Waals surface area contributed by atoms with Crippen LogP contribution in [0.3, 0.4) is 0 Å². The van der Waals surface area contributed by atoms with Gasteiger partial charge in [-0.25, -0.2) is 9.97 Å². The number of imidazole rings is 1. The highest BCUT2D eigenvalue weighted by atomic mass is 16.6. The number of anilines is 1. The zero-order valence-electron chi connectivity index (χ0n) is 10.8. The van der Waals surface area contributed by atoms with Gasteiger partial charge in [-0.2, -0.15) is 5.26 Å². The number of aryl methyl sites for hydroxylation is 1. The van der Waals surface area contributed by atoms with Crippen molar-refractivity contribution in [1.82, 2.24) is 14.5 Å². The molecule has 102 valence electrons. The molecule has 0 saturated heterocycles. The molecule has 2 aromatic rings. The van der Waals surface area contributed by atoms with Crippen molar-refractivity contribution < 1.29 is 4.92 Å². The second-order valence-electron chi connectivity index (χ2n) is 4.09. The van der Waals surface area contributed by atoms with E-state index in [4.69, 9.17) is 5.26 Å². The third kappa shape index (κ3) is 2.89. The van der Waals surface area contributed by atoms with Crippen LogP contribution in [0.2, 0.25) is 0 Å². The molecule has 0 aliphatic rings. The van der Waals surface area contributed by atoms with Gasteiger partial charge < -0.3 is 9.88 Å². The second kappa shape index (κ2) is 5.79. The standard InChI is InChI=1S/C12H12N6O2/c1-17-5-4-14-11(17)2-3-15-12-9(7-13)6-10(8-16-12)18(19)20/h4-6,8H,2-3H2,1H3,(H,15,16). The van der Waals surface area contributed by atoms with Gasteiger partial charge in [0.05, 0.1) is 4.92 Å². The van der Waals surface area contributed by atoms with Gasteiger partial charge in [-0.3, -0.25) is 10.1 Å². The predicted molar refractivity (Wildman–Crippen MR) is 71.0 cm³/mol. The molecular weight excluding hydrogens is 260 g/mol. The number of nitrogens with zero attached hydrogens (tertiary/aromatic N) is 5. The highest BCUT2D eigenvalue weighted by Crippen LogP contribution is 2.18. The van der Waals surface area contributed by atoms with Crippen LogP contribution in [0.1, 0.15) is 11.4 Å². The molecule has 0 unspecified atom stereocenters. The zero-order chi connectivity index (χ0) is 14.5. The molecule has 0 aliphatic heterocycles. The van der Waals surface area contributed by atoms with Crippen molar-refractivity contribution in [3.05, 3.63) is 46.2 Å². The molecule has 1 N–H and O–H groups in total. The smallest absolute Gasteiger partial charge is 0.289 e. The Bertz CT molecular complexity index is 673. The van der Waals surface area contributed by atoms with Gasteiger partial charge in [0, 0.05) is 38.5 Å². The highest BCUT2D eigenvalue weighted by molar-refractivity contribution is 5.55. The van der Waals surface area contributed by atoms with Crippen LogP contribution in [0.5, 0.6) is 0 Å². The van der Waals surface area contributed by atoms with E-state index in [0.29, 0.717) is 18.8 Å².